The van der Waals surface area contributed by atoms with Crippen LogP contribution in [0.1, 0.15) is 36.8 Å². The number of methoxy groups -OCH3 is 2. The number of hydrogen-bond donors (Lipinski definition) is 1. The Kier molecular flexibility index (Phi) is 6.12. The van der Waals surface area contributed by atoms with Crippen LogP contribution in [0.4, 0.5) is 5.69 Å². The molecular weight excluding hydrogens is 524 g/mol. The van der Waals surface area contributed by atoms with Crippen LogP contribution in [0.5, 0.6) is 5.75 Å². The van der Waals surface area contributed by atoms with Crippen LogP contribution in [0.15, 0.2) is 86.6 Å². The molecule has 0 spiro atoms. The molecule has 0 saturated carbocycles. The lowest BCUT2D eigenvalue weighted by atomic mass is 9.72. The minimum absolute atomic E-state index is 0.0927. The van der Waals surface area contributed by atoms with Gasteiger partial charge in [-0.3, -0.25) is 4.99 Å². The number of allylic oxidation sites excluding steroid dienone is 2. The van der Waals surface area contributed by atoms with E-state index in [1.54, 1.807) is 37.8 Å². The molecule has 1 aliphatic carbocycles. The number of hydrogen-bond acceptors (Lipinski definition) is 7. The van der Waals surface area contributed by atoms with E-state index in [-0.39, 0.29) is 22.8 Å². The first-order chi connectivity index (χ1) is 18.3. The van der Waals surface area contributed by atoms with Gasteiger partial charge in [0.1, 0.15) is 17.6 Å². The van der Waals surface area contributed by atoms with Gasteiger partial charge < -0.3 is 19.5 Å². The molecule has 6 rings (SSSR count). The maximum atomic E-state index is 13.8. The van der Waals surface area contributed by atoms with Gasteiger partial charge in [0.05, 0.1) is 53.8 Å². The lowest BCUT2D eigenvalue weighted by Crippen LogP contribution is -2.27. The highest BCUT2D eigenvalue weighted by Crippen LogP contribution is 2.51. The van der Waals surface area contributed by atoms with Crippen LogP contribution in [0.3, 0.4) is 0 Å². The third kappa shape index (κ3) is 3.94. The number of aliphatic imine (C=N–C) groups is 1. The number of nitrogens with one attached hydrogen (secondary N) is 1. The van der Waals surface area contributed by atoms with E-state index in [2.05, 4.69) is 17.2 Å². The summed E-state index contributed by atoms with van der Waals surface area (Å²) in [6.07, 6.45) is 6.94. The molecule has 0 aromatic heterocycles. The fraction of sp³-hybridized carbons (Fsp3) is 0.276. The number of benzene rings is 2. The molecule has 1 N–H and O–H groups in total. The zero-order valence-corrected chi connectivity index (χ0v) is 22.8. The maximum Gasteiger partial charge on any atom is 0.202 e. The van der Waals surface area contributed by atoms with Gasteiger partial charge in [-0.15, -0.1) is 0 Å². The molecule has 3 atom stereocenters. The van der Waals surface area contributed by atoms with E-state index in [1.807, 2.05) is 24.4 Å². The average molecular weight is 551 g/mol. The summed E-state index contributed by atoms with van der Waals surface area (Å²) in [6.45, 7) is 2.18. The molecule has 0 radical (unpaired) electrons. The van der Waals surface area contributed by atoms with Gasteiger partial charge in [0.25, 0.3) is 0 Å². The molecule has 196 valence electrons. The number of sulfone groups is 1. The van der Waals surface area contributed by atoms with Crippen molar-refractivity contribution in [3.63, 3.8) is 0 Å². The van der Waals surface area contributed by atoms with E-state index >= 15 is 0 Å². The Bertz CT molecular complexity index is 1600. The molecule has 4 aliphatic rings. The Morgan fingerprint density at radius 3 is 2.74 bits per heavy atom. The molecule has 3 aliphatic heterocycles. The van der Waals surface area contributed by atoms with Crippen molar-refractivity contribution >= 4 is 39.0 Å². The van der Waals surface area contributed by atoms with Crippen LogP contribution in [0, 0.1) is 5.92 Å². The van der Waals surface area contributed by atoms with Gasteiger partial charge >= 0.3 is 0 Å². The largest absolute Gasteiger partial charge is 0.496 e. The van der Waals surface area contributed by atoms with Crippen LogP contribution in [0.2, 0.25) is 5.02 Å². The molecular formula is C29H27ClN2O5S. The molecule has 2 aromatic carbocycles. The normalized spacial score (nSPS) is 26.1. The second kappa shape index (κ2) is 9.36. The topological polar surface area (TPSA) is 86.2 Å². The third-order valence-electron chi connectivity index (χ3n) is 7.55. The summed E-state index contributed by atoms with van der Waals surface area (Å²) in [7, 11) is -0.655. The summed E-state index contributed by atoms with van der Waals surface area (Å²) >= 11 is 6.18. The summed E-state index contributed by atoms with van der Waals surface area (Å²) in [5, 5.41) is 5.05. The van der Waals surface area contributed by atoms with Crippen molar-refractivity contribution in [2.45, 2.75) is 36.7 Å². The standard InChI is InChI=1S/C29H27ClN2O5S/c1-16-7-9-24-27-21(14-37-24)25(36-3)13-31-12-20(26(16)27)19-8-10-23(35-2)28-22(15-38(33,34)29(19)28)32-18-6-4-5-17(30)11-18/h4-6,8,10-16,20,24,32H,7,9H2,1-3H3/b25-13+,31-12?. The minimum Gasteiger partial charge on any atom is -0.496 e. The quantitative estimate of drug-likeness (QED) is 0.476. The van der Waals surface area contributed by atoms with Crippen LogP contribution in [0.25, 0.3) is 5.70 Å². The number of fused-ring (bicyclic) bond motifs is 1. The lowest BCUT2D eigenvalue weighted by Gasteiger charge is -2.34. The molecule has 3 unspecified atom stereocenters. The van der Waals surface area contributed by atoms with Crippen molar-refractivity contribution in [2.75, 3.05) is 19.5 Å². The van der Waals surface area contributed by atoms with Crippen molar-refractivity contribution in [1.82, 2.24) is 0 Å². The summed E-state index contributed by atoms with van der Waals surface area (Å²) in [6, 6.07) is 10.8. The van der Waals surface area contributed by atoms with Gasteiger partial charge in [-0.25, -0.2) is 8.42 Å². The highest BCUT2D eigenvalue weighted by atomic mass is 35.5. The van der Waals surface area contributed by atoms with E-state index in [1.165, 1.54) is 12.5 Å². The van der Waals surface area contributed by atoms with Gasteiger partial charge in [0, 0.05) is 28.4 Å². The van der Waals surface area contributed by atoms with Crippen molar-refractivity contribution in [1.29, 1.82) is 0 Å². The molecule has 2 aromatic rings. The molecule has 9 heteroatoms. The molecule has 3 heterocycles. The molecule has 0 fully saturated rings. The van der Waals surface area contributed by atoms with E-state index < -0.39 is 9.84 Å². The summed E-state index contributed by atoms with van der Waals surface area (Å²) < 4.78 is 44.8. The van der Waals surface area contributed by atoms with Crippen molar-refractivity contribution in [3.8, 4) is 5.75 Å². The Balaban J connectivity index is 1.56. The minimum atomic E-state index is -3.81. The van der Waals surface area contributed by atoms with Crippen LogP contribution in [-0.2, 0) is 19.3 Å². The first-order valence-corrected chi connectivity index (χ1v) is 14.3. The Morgan fingerprint density at radius 1 is 1.13 bits per heavy atom. The second-order valence-electron chi connectivity index (χ2n) is 9.75. The maximum absolute atomic E-state index is 13.8. The fourth-order valence-corrected chi connectivity index (χ4v) is 7.71. The van der Waals surface area contributed by atoms with E-state index in [0.29, 0.717) is 39.0 Å². The number of rotatable bonds is 5. The third-order valence-corrected chi connectivity index (χ3v) is 9.34. The number of halogens is 1. The number of nitrogens with zero attached hydrogens (tertiary/aromatic N) is 1. The molecule has 0 amide bonds. The Morgan fingerprint density at radius 2 is 1.97 bits per heavy atom. The monoisotopic (exact) mass is 550 g/mol. The van der Waals surface area contributed by atoms with Crippen molar-refractivity contribution < 1.29 is 22.6 Å². The number of anilines is 1. The molecule has 38 heavy (non-hydrogen) atoms. The number of ether oxygens (including phenoxy) is 3. The first kappa shape index (κ1) is 24.8. The van der Waals surface area contributed by atoms with Gasteiger partial charge in [0.2, 0.25) is 9.84 Å². The lowest BCUT2D eigenvalue weighted by molar-refractivity contribution is 0.170. The fourth-order valence-electron chi connectivity index (χ4n) is 5.90. The first-order valence-electron chi connectivity index (χ1n) is 12.4. The second-order valence-corrected chi connectivity index (χ2v) is 11.9. The van der Waals surface area contributed by atoms with Gasteiger partial charge in [-0.2, -0.15) is 0 Å². The smallest absolute Gasteiger partial charge is 0.202 e. The molecule has 0 saturated heterocycles. The van der Waals surface area contributed by atoms with Gasteiger partial charge in [0.15, 0.2) is 0 Å². The van der Waals surface area contributed by atoms with Gasteiger partial charge in [-0.05, 0) is 54.2 Å². The zero-order valence-electron chi connectivity index (χ0n) is 21.2. The van der Waals surface area contributed by atoms with Crippen LogP contribution in [-0.4, -0.2) is 35.0 Å². The highest BCUT2D eigenvalue weighted by Gasteiger charge is 2.42. The molecule has 7 nitrogen and oxygen atoms in total. The average Bonchev–Trinajstić information content (AvgIpc) is 3.41. The summed E-state index contributed by atoms with van der Waals surface area (Å²) in [5.41, 5.74) is 5.30. The van der Waals surface area contributed by atoms with Crippen molar-refractivity contribution in [2.24, 2.45) is 10.9 Å². The summed E-state index contributed by atoms with van der Waals surface area (Å²) in [4.78, 5) is 4.80. The van der Waals surface area contributed by atoms with Crippen molar-refractivity contribution in [3.05, 3.63) is 92.9 Å². The van der Waals surface area contributed by atoms with E-state index in [9.17, 15) is 8.42 Å². The van der Waals surface area contributed by atoms with Crippen LogP contribution < -0.4 is 10.1 Å². The zero-order chi connectivity index (χ0) is 26.6. The predicted molar refractivity (Wildman–Crippen MR) is 148 cm³/mol. The Hall–Kier alpha value is -3.49. The highest BCUT2D eigenvalue weighted by molar-refractivity contribution is 7.95. The van der Waals surface area contributed by atoms with E-state index in [4.69, 9.17) is 25.8 Å². The van der Waals surface area contributed by atoms with E-state index in [0.717, 1.165) is 29.6 Å². The summed E-state index contributed by atoms with van der Waals surface area (Å²) in [5.74, 6) is 0.909. The SMILES string of the molecule is CO/C1=C/N=CC(c2ccc(OC)c3c2S(=O)(=O)C=C3Nc2cccc(Cl)c2)C2=C3C1=COC3CCC2C. The van der Waals surface area contributed by atoms with Crippen LogP contribution >= 0.6 is 11.6 Å². The predicted octanol–water partition coefficient (Wildman–Crippen LogP) is 6.21. The van der Waals surface area contributed by atoms with Gasteiger partial charge in [-0.1, -0.05) is 30.7 Å². The Labute approximate surface area is 227 Å². The molecule has 0 bridgehead atoms.